The number of halogens is 2. The van der Waals surface area contributed by atoms with E-state index in [1.54, 1.807) is 6.07 Å². The van der Waals surface area contributed by atoms with Gasteiger partial charge in [-0.3, -0.25) is 4.79 Å². The quantitative estimate of drug-likeness (QED) is 0.647. The smallest absolute Gasteiger partial charge is 0.253 e. The summed E-state index contributed by atoms with van der Waals surface area (Å²) >= 11 is 0. The molecule has 1 saturated heterocycles. The largest absolute Gasteiger partial charge is 0.508 e. The zero-order valence-electron chi connectivity index (χ0n) is 18.6. The van der Waals surface area contributed by atoms with E-state index in [4.69, 9.17) is 0 Å². The molecular weight excluding hydrogens is 396 g/mol. The molecule has 0 unspecified atom stereocenters. The molecule has 0 radical (unpaired) electrons. The van der Waals surface area contributed by atoms with Gasteiger partial charge in [-0.1, -0.05) is 13.0 Å². The van der Waals surface area contributed by atoms with E-state index >= 15 is 8.78 Å². The van der Waals surface area contributed by atoms with Gasteiger partial charge in [0.15, 0.2) is 0 Å². The molecule has 1 aromatic rings. The lowest BCUT2D eigenvalue weighted by molar-refractivity contribution is -0.134. The lowest BCUT2D eigenvalue weighted by Gasteiger charge is -2.51. The number of piperidine rings is 1. The molecule has 5 rings (SSSR count). The summed E-state index contributed by atoms with van der Waals surface area (Å²) in [7, 11) is 0. The van der Waals surface area contributed by atoms with E-state index < -0.39 is 11.3 Å². The van der Waals surface area contributed by atoms with Crippen molar-refractivity contribution in [3.05, 3.63) is 29.3 Å². The van der Waals surface area contributed by atoms with E-state index in [0.29, 0.717) is 30.9 Å². The number of phenols is 1. The Morgan fingerprint density at radius 2 is 1.97 bits per heavy atom. The predicted molar refractivity (Wildman–Crippen MR) is 116 cm³/mol. The third-order valence-corrected chi connectivity index (χ3v) is 9.26. The SMILES string of the molecule is C[C@]12CC[C@@H]3c4ccc(O)cc4CC[C@H]3[C@@H]1[C@H](CCC(=O)N1CCCCC1)CC2(F)F. The molecule has 31 heavy (non-hydrogen) atoms. The number of rotatable bonds is 3. The molecule has 1 amide bonds. The van der Waals surface area contributed by atoms with E-state index in [0.717, 1.165) is 45.2 Å². The number of benzene rings is 1. The van der Waals surface area contributed by atoms with Crippen LogP contribution in [0.1, 0.15) is 81.8 Å². The average Bonchev–Trinajstić information content (AvgIpc) is 2.97. The first-order valence-electron chi connectivity index (χ1n) is 12.3. The molecule has 4 aliphatic rings. The van der Waals surface area contributed by atoms with Gasteiger partial charge in [0.25, 0.3) is 5.92 Å². The van der Waals surface area contributed by atoms with Crippen LogP contribution in [0.2, 0.25) is 0 Å². The Bertz CT molecular complexity index is 850. The normalized spacial score (nSPS) is 36.4. The molecule has 1 aliphatic heterocycles. The van der Waals surface area contributed by atoms with Gasteiger partial charge in [0.2, 0.25) is 5.91 Å². The van der Waals surface area contributed by atoms with Gasteiger partial charge in [-0.25, -0.2) is 8.78 Å². The number of nitrogens with zero attached hydrogens (tertiary/aromatic N) is 1. The van der Waals surface area contributed by atoms with Gasteiger partial charge < -0.3 is 10.0 Å². The Morgan fingerprint density at radius 3 is 2.74 bits per heavy atom. The standard InChI is InChI=1S/C26H35F2NO2/c1-25-12-11-21-20-9-7-19(30)15-17(20)5-8-22(21)24(25)18(16-26(25,27)28)6-10-23(31)29-13-3-2-4-14-29/h7,9,15,18,21-22,24,30H,2-6,8,10-14,16H2,1H3/t18-,21-,22-,24+,25+/m1/s1. The van der Waals surface area contributed by atoms with E-state index in [1.165, 1.54) is 17.5 Å². The van der Waals surface area contributed by atoms with Gasteiger partial charge >= 0.3 is 0 Å². The van der Waals surface area contributed by atoms with E-state index in [2.05, 4.69) is 0 Å². The van der Waals surface area contributed by atoms with Crippen LogP contribution in [0, 0.1) is 23.2 Å². The second-order valence-electron chi connectivity index (χ2n) is 10.8. The monoisotopic (exact) mass is 431 g/mol. The predicted octanol–water partition coefficient (Wildman–Crippen LogP) is 5.90. The Morgan fingerprint density at radius 1 is 1.19 bits per heavy atom. The summed E-state index contributed by atoms with van der Waals surface area (Å²) in [5.74, 6) is -1.77. The number of fused-ring (bicyclic) bond motifs is 5. The molecule has 0 spiro atoms. The van der Waals surface area contributed by atoms with E-state index in [1.807, 2.05) is 24.0 Å². The number of hydrogen-bond acceptors (Lipinski definition) is 2. The summed E-state index contributed by atoms with van der Waals surface area (Å²) in [5, 5.41) is 9.88. The number of alkyl halides is 2. The number of likely N-dealkylation sites (tertiary alicyclic amines) is 1. The number of hydrogen-bond donors (Lipinski definition) is 1. The lowest BCUT2D eigenvalue weighted by atomic mass is 9.53. The fraction of sp³-hybridized carbons (Fsp3) is 0.731. The molecule has 3 aliphatic carbocycles. The molecule has 0 aromatic heterocycles. The maximum Gasteiger partial charge on any atom is 0.253 e. The Hall–Kier alpha value is -1.65. The van der Waals surface area contributed by atoms with Crippen molar-refractivity contribution in [3.63, 3.8) is 0 Å². The molecule has 5 heteroatoms. The van der Waals surface area contributed by atoms with E-state index in [9.17, 15) is 9.90 Å². The van der Waals surface area contributed by atoms with Crippen molar-refractivity contribution in [2.24, 2.45) is 23.2 Å². The number of aromatic hydroxyl groups is 1. The van der Waals surface area contributed by atoms with Crippen molar-refractivity contribution in [1.82, 2.24) is 4.90 Å². The zero-order chi connectivity index (χ0) is 21.8. The number of carbonyl (C=O) groups is 1. The molecule has 5 atom stereocenters. The molecule has 2 saturated carbocycles. The fourth-order valence-corrected chi connectivity index (χ4v) is 7.70. The van der Waals surface area contributed by atoms with Crippen molar-refractivity contribution in [2.75, 3.05) is 13.1 Å². The summed E-state index contributed by atoms with van der Waals surface area (Å²) in [4.78, 5) is 14.7. The molecule has 3 fully saturated rings. The van der Waals surface area contributed by atoms with Crippen LogP contribution in [0.4, 0.5) is 8.78 Å². The topological polar surface area (TPSA) is 40.5 Å². The van der Waals surface area contributed by atoms with Crippen LogP contribution in [0.25, 0.3) is 0 Å². The third kappa shape index (κ3) is 3.47. The second-order valence-corrected chi connectivity index (χ2v) is 10.8. The summed E-state index contributed by atoms with van der Waals surface area (Å²) in [6.07, 6.45) is 7.35. The summed E-state index contributed by atoms with van der Waals surface area (Å²) < 4.78 is 30.7. The number of carbonyl (C=O) groups excluding carboxylic acids is 1. The van der Waals surface area contributed by atoms with Crippen molar-refractivity contribution in [2.45, 2.75) is 83.0 Å². The van der Waals surface area contributed by atoms with Crippen LogP contribution in [0.15, 0.2) is 18.2 Å². The van der Waals surface area contributed by atoms with Gasteiger partial charge in [-0.15, -0.1) is 0 Å². The minimum absolute atomic E-state index is 0.0302. The Kier molecular flexibility index (Phi) is 5.29. The summed E-state index contributed by atoms with van der Waals surface area (Å²) in [6.45, 7) is 3.48. The molecule has 0 bridgehead atoms. The first-order valence-corrected chi connectivity index (χ1v) is 12.3. The lowest BCUT2D eigenvalue weighted by Crippen LogP contribution is -2.47. The highest BCUT2D eigenvalue weighted by molar-refractivity contribution is 5.76. The average molecular weight is 432 g/mol. The molecular formula is C26H35F2NO2. The van der Waals surface area contributed by atoms with Crippen LogP contribution in [0.3, 0.4) is 0 Å². The van der Waals surface area contributed by atoms with Crippen molar-refractivity contribution in [1.29, 1.82) is 0 Å². The summed E-state index contributed by atoms with van der Waals surface area (Å²) in [6, 6.07) is 5.62. The second kappa shape index (κ2) is 7.74. The highest BCUT2D eigenvalue weighted by Gasteiger charge is 2.67. The molecule has 1 heterocycles. The van der Waals surface area contributed by atoms with Gasteiger partial charge in [-0.2, -0.15) is 0 Å². The van der Waals surface area contributed by atoms with Gasteiger partial charge in [0.05, 0.1) is 0 Å². The van der Waals surface area contributed by atoms with Crippen LogP contribution in [-0.4, -0.2) is 34.9 Å². The van der Waals surface area contributed by atoms with Crippen LogP contribution in [0.5, 0.6) is 5.75 Å². The summed E-state index contributed by atoms with van der Waals surface area (Å²) in [5.41, 5.74) is 1.49. The van der Waals surface area contributed by atoms with Crippen LogP contribution >= 0.6 is 0 Å². The van der Waals surface area contributed by atoms with Gasteiger partial charge in [0, 0.05) is 31.3 Å². The first-order chi connectivity index (χ1) is 14.8. The van der Waals surface area contributed by atoms with Crippen LogP contribution in [-0.2, 0) is 11.2 Å². The highest BCUT2D eigenvalue weighted by atomic mass is 19.3. The molecule has 3 nitrogen and oxygen atoms in total. The molecule has 1 aromatic carbocycles. The van der Waals surface area contributed by atoms with Crippen molar-refractivity contribution < 1.29 is 18.7 Å². The molecule has 1 N–H and O–H groups in total. The maximum absolute atomic E-state index is 15.4. The number of aryl methyl sites for hydroxylation is 1. The van der Waals surface area contributed by atoms with Gasteiger partial charge in [0.1, 0.15) is 5.75 Å². The first kappa shape index (κ1) is 21.2. The maximum atomic E-state index is 15.4. The van der Waals surface area contributed by atoms with Gasteiger partial charge in [-0.05, 0) is 98.3 Å². The highest BCUT2D eigenvalue weighted by Crippen LogP contribution is 2.68. The number of amides is 1. The van der Waals surface area contributed by atoms with Crippen molar-refractivity contribution >= 4 is 5.91 Å². The number of phenolic OH excluding ortho intramolecular Hbond substituents is 1. The zero-order valence-corrected chi connectivity index (χ0v) is 18.6. The fourth-order valence-electron chi connectivity index (χ4n) is 7.70. The van der Waals surface area contributed by atoms with Crippen LogP contribution < -0.4 is 0 Å². The van der Waals surface area contributed by atoms with E-state index in [-0.39, 0.29) is 30.1 Å². The van der Waals surface area contributed by atoms with Crippen molar-refractivity contribution in [3.8, 4) is 5.75 Å². The Labute approximate surface area is 184 Å². The molecule has 170 valence electrons. The minimum atomic E-state index is -2.66. The minimum Gasteiger partial charge on any atom is -0.508 e. The Balaban J connectivity index is 1.38. The third-order valence-electron chi connectivity index (χ3n) is 9.26.